The lowest BCUT2D eigenvalue weighted by atomic mass is 9.94. The summed E-state index contributed by atoms with van der Waals surface area (Å²) < 4.78 is 11.1. The van der Waals surface area contributed by atoms with Crippen LogP contribution in [-0.2, 0) is 4.74 Å². The Hall–Kier alpha value is -1.52. The van der Waals surface area contributed by atoms with Gasteiger partial charge in [0.1, 0.15) is 5.58 Å². The number of fused-ring (bicyclic) bond motifs is 1. The molecule has 0 unspecified atom stereocenters. The van der Waals surface area contributed by atoms with Gasteiger partial charge < -0.3 is 26.5 Å². The molecule has 0 amide bonds. The topological polar surface area (TPSA) is 42.7 Å². The van der Waals surface area contributed by atoms with E-state index in [0.717, 1.165) is 23.1 Å². The summed E-state index contributed by atoms with van der Waals surface area (Å²) in [5, 5.41) is 0.956. The number of nitrogens with zero attached hydrogens (tertiary/aromatic N) is 1. The monoisotopic (exact) mass is 324 g/mol. The van der Waals surface area contributed by atoms with Crippen molar-refractivity contribution >= 4 is 16.9 Å². The molecule has 0 saturated heterocycles. The van der Waals surface area contributed by atoms with Gasteiger partial charge in [-0.2, -0.15) is 0 Å². The molecule has 122 valence electrons. The van der Waals surface area contributed by atoms with Gasteiger partial charge in [-0.25, -0.2) is 4.79 Å². The van der Waals surface area contributed by atoms with Crippen molar-refractivity contribution in [3.63, 3.8) is 0 Å². The highest BCUT2D eigenvalue weighted by molar-refractivity contribution is 5.95. The first-order valence-corrected chi connectivity index (χ1v) is 7.10. The van der Waals surface area contributed by atoms with Crippen molar-refractivity contribution in [3.05, 3.63) is 35.6 Å². The number of hydrogen-bond acceptors (Lipinski definition) is 4. The predicted molar refractivity (Wildman–Crippen MR) is 83.6 cm³/mol. The molecule has 1 heterocycles. The second-order valence-electron chi connectivity index (χ2n) is 6.53. The van der Waals surface area contributed by atoms with Gasteiger partial charge in [0.2, 0.25) is 5.76 Å². The van der Waals surface area contributed by atoms with E-state index in [1.165, 1.54) is 0 Å². The van der Waals surface area contributed by atoms with Gasteiger partial charge in [-0.1, -0.05) is 32.0 Å². The number of halogens is 1. The Labute approximate surface area is 137 Å². The number of carbonyl (C=O) groups is 1. The first kappa shape index (κ1) is 18.5. The number of ether oxygens (including phenoxy) is 1. The second-order valence-corrected chi connectivity index (χ2v) is 6.53. The standard InChI is InChI=1S/C17H23NO3.ClH/c1-12-13-8-6-7-9-14(13)21-15(12)16(19)20-11-17(2,3)10-18(4)5;/h6-9H,10-11H2,1-5H3;1H/p-1. The quantitative estimate of drug-likeness (QED) is 0.751. The summed E-state index contributed by atoms with van der Waals surface area (Å²) in [5.41, 5.74) is 1.45. The lowest BCUT2D eigenvalue weighted by molar-refractivity contribution is -0.0000256. The summed E-state index contributed by atoms with van der Waals surface area (Å²) in [6, 6.07) is 7.62. The van der Waals surface area contributed by atoms with Gasteiger partial charge in [0.15, 0.2) is 0 Å². The molecule has 4 nitrogen and oxygen atoms in total. The van der Waals surface area contributed by atoms with Crippen LogP contribution in [0.25, 0.3) is 11.0 Å². The molecule has 0 aliphatic heterocycles. The first-order chi connectivity index (χ1) is 9.80. The van der Waals surface area contributed by atoms with Gasteiger partial charge >= 0.3 is 5.97 Å². The third-order valence-corrected chi connectivity index (χ3v) is 3.37. The minimum Gasteiger partial charge on any atom is -1.00 e. The van der Waals surface area contributed by atoms with Crippen LogP contribution in [0, 0.1) is 12.3 Å². The lowest BCUT2D eigenvalue weighted by Gasteiger charge is -2.27. The van der Waals surface area contributed by atoms with Crippen molar-refractivity contribution in [1.29, 1.82) is 0 Å². The van der Waals surface area contributed by atoms with E-state index in [-0.39, 0.29) is 17.8 Å². The molecule has 2 rings (SSSR count). The Balaban J connectivity index is 0.00000242. The number of hydrogen-bond donors (Lipinski definition) is 0. The van der Waals surface area contributed by atoms with Gasteiger partial charge in [0.25, 0.3) is 0 Å². The van der Waals surface area contributed by atoms with Crippen molar-refractivity contribution in [3.8, 4) is 0 Å². The van der Waals surface area contributed by atoms with Crippen LogP contribution >= 0.6 is 0 Å². The molecule has 0 spiro atoms. The fraction of sp³-hybridized carbons (Fsp3) is 0.471. The Morgan fingerprint density at radius 2 is 1.91 bits per heavy atom. The Kier molecular flexibility index (Phi) is 6.03. The van der Waals surface area contributed by atoms with Crippen molar-refractivity contribution in [2.75, 3.05) is 27.2 Å². The Morgan fingerprint density at radius 3 is 2.50 bits per heavy atom. The molecule has 0 bridgehead atoms. The Morgan fingerprint density at radius 1 is 1.27 bits per heavy atom. The summed E-state index contributed by atoms with van der Waals surface area (Å²) in [6.07, 6.45) is 0. The largest absolute Gasteiger partial charge is 1.00 e. The summed E-state index contributed by atoms with van der Waals surface area (Å²) >= 11 is 0. The fourth-order valence-electron chi connectivity index (χ4n) is 2.60. The van der Waals surface area contributed by atoms with Crippen LogP contribution < -0.4 is 12.4 Å². The highest BCUT2D eigenvalue weighted by Crippen LogP contribution is 2.26. The number of carbonyl (C=O) groups excluding carboxylic acids is 1. The molecule has 2 aromatic rings. The van der Waals surface area contributed by atoms with E-state index in [1.54, 1.807) is 0 Å². The number of esters is 1. The zero-order valence-corrected chi connectivity index (χ0v) is 14.5. The number of rotatable bonds is 5. The zero-order valence-electron chi connectivity index (χ0n) is 13.8. The van der Waals surface area contributed by atoms with Crippen LogP contribution in [0.1, 0.15) is 30.0 Å². The van der Waals surface area contributed by atoms with Crippen molar-refractivity contribution in [2.24, 2.45) is 5.41 Å². The number of benzene rings is 1. The smallest absolute Gasteiger partial charge is 0.374 e. The van der Waals surface area contributed by atoms with Gasteiger partial charge in [0.05, 0.1) is 6.61 Å². The van der Waals surface area contributed by atoms with Crippen LogP contribution in [0.2, 0.25) is 0 Å². The molecular formula is C17H23ClNO3-. The highest BCUT2D eigenvalue weighted by Gasteiger charge is 2.24. The van der Waals surface area contributed by atoms with E-state index >= 15 is 0 Å². The number of furan rings is 1. The van der Waals surface area contributed by atoms with E-state index in [1.807, 2.05) is 45.3 Å². The molecule has 0 saturated carbocycles. The molecule has 0 radical (unpaired) electrons. The molecule has 5 heteroatoms. The third kappa shape index (κ3) is 4.24. The minimum atomic E-state index is -0.393. The van der Waals surface area contributed by atoms with E-state index in [2.05, 4.69) is 18.7 Å². The molecular weight excluding hydrogens is 302 g/mol. The summed E-state index contributed by atoms with van der Waals surface area (Å²) in [7, 11) is 4.01. The van der Waals surface area contributed by atoms with Gasteiger partial charge in [0, 0.05) is 22.9 Å². The normalized spacial score (nSPS) is 11.5. The number of para-hydroxylation sites is 1. The molecule has 1 aromatic heterocycles. The second kappa shape index (κ2) is 7.16. The molecule has 1 aromatic carbocycles. The summed E-state index contributed by atoms with van der Waals surface area (Å²) in [6.45, 7) is 7.24. The van der Waals surface area contributed by atoms with Crippen LogP contribution in [0.5, 0.6) is 0 Å². The third-order valence-electron chi connectivity index (χ3n) is 3.37. The van der Waals surface area contributed by atoms with Crippen molar-refractivity contribution < 1.29 is 26.4 Å². The molecule has 0 N–H and O–H groups in total. The summed E-state index contributed by atoms with van der Waals surface area (Å²) in [5.74, 6) is -0.0904. The summed E-state index contributed by atoms with van der Waals surface area (Å²) in [4.78, 5) is 14.3. The molecule has 0 atom stereocenters. The minimum absolute atomic E-state index is 0. The average molecular weight is 325 g/mol. The van der Waals surface area contributed by atoms with Gasteiger partial charge in [-0.05, 0) is 27.1 Å². The molecule has 22 heavy (non-hydrogen) atoms. The average Bonchev–Trinajstić information content (AvgIpc) is 2.73. The van der Waals surface area contributed by atoms with Crippen LogP contribution in [0.15, 0.2) is 28.7 Å². The predicted octanol–water partition coefficient (Wildman–Crippen LogP) is 0.490. The number of aryl methyl sites for hydroxylation is 1. The van der Waals surface area contributed by atoms with E-state index in [0.29, 0.717) is 12.4 Å². The molecule has 0 aliphatic carbocycles. The van der Waals surface area contributed by atoms with E-state index < -0.39 is 5.97 Å². The maximum Gasteiger partial charge on any atom is 0.374 e. The molecule has 0 aliphatic rings. The maximum atomic E-state index is 12.2. The zero-order chi connectivity index (χ0) is 15.6. The van der Waals surface area contributed by atoms with E-state index in [4.69, 9.17) is 9.15 Å². The van der Waals surface area contributed by atoms with Crippen molar-refractivity contribution in [1.82, 2.24) is 4.90 Å². The van der Waals surface area contributed by atoms with Crippen LogP contribution in [-0.4, -0.2) is 38.1 Å². The first-order valence-electron chi connectivity index (χ1n) is 7.10. The van der Waals surface area contributed by atoms with Crippen LogP contribution in [0.4, 0.5) is 0 Å². The maximum absolute atomic E-state index is 12.2. The van der Waals surface area contributed by atoms with Gasteiger partial charge in [-0.3, -0.25) is 0 Å². The lowest BCUT2D eigenvalue weighted by Crippen LogP contribution is -3.00. The van der Waals surface area contributed by atoms with Crippen molar-refractivity contribution in [2.45, 2.75) is 20.8 Å². The SMILES string of the molecule is Cc1c(C(=O)OCC(C)(C)CN(C)C)oc2ccccc12.[Cl-]. The highest BCUT2D eigenvalue weighted by atomic mass is 35.5. The molecule has 0 fully saturated rings. The fourth-order valence-corrected chi connectivity index (χ4v) is 2.60. The van der Waals surface area contributed by atoms with E-state index in [9.17, 15) is 4.79 Å². The Bertz CT molecular complexity index is 646. The van der Waals surface area contributed by atoms with Gasteiger partial charge in [-0.15, -0.1) is 0 Å². The van der Waals surface area contributed by atoms with Crippen LogP contribution in [0.3, 0.4) is 0 Å².